The smallest absolute Gasteiger partial charge is 0.264 e. The van der Waals surface area contributed by atoms with E-state index in [1.54, 1.807) is 36.4 Å². The van der Waals surface area contributed by atoms with Gasteiger partial charge in [0.05, 0.1) is 15.1 Å². The average molecular weight is 503 g/mol. The molecule has 1 N–H and O–H groups in total. The zero-order valence-corrected chi connectivity index (χ0v) is 19.6. The Balaban J connectivity index is 1.62. The van der Waals surface area contributed by atoms with Crippen molar-refractivity contribution in [3.63, 3.8) is 0 Å². The molecule has 0 atom stereocenters. The summed E-state index contributed by atoms with van der Waals surface area (Å²) in [5, 5.41) is 2.71. The van der Waals surface area contributed by atoms with Gasteiger partial charge in [-0.1, -0.05) is 31.2 Å². The van der Waals surface area contributed by atoms with Crippen LogP contribution in [-0.4, -0.2) is 28.0 Å². The van der Waals surface area contributed by atoms with Gasteiger partial charge in [0.15, 0.2) is 6.61 Å². The van der Waals surface area contributed by atoms with Crippen molar-refractivity contribution in [3.05, 3.63) is 82.8 Å². The number of carbonyl (C=O) groups excluding carboxylic acids is 1. The van der Waals surface area contributed by atoms with Crippen LogP contribution in [0.15, 0.2) is 82.2 Å². The first-order chi connectivity index (χ1) is 14.8. The van der Waals surface area contributed by atoms with E-state index in [1.165, 1.54) is 23.5 Å². The first-order valence-corrected chi connectivity index (χ1v) is 11.9. The van der Waals surface area contributed by atoms with E-state index in [9.17, 15) is 13.2 Å². The normalized spacial score (nSPS) is 11.1. The molecule has 0 aliphatic rings. The van der Waals surface area contributed by atoms with Crippen LogP contribution in [0, 0.1) is 0 Å². The predicted molar refractivity (Wildman–Crippen MR) is 126 cm³/mol. The van der Waals surface area contributed by atoms with Crippen molar-refractivity contribution in [1.29, 1.82) is 0 Å². The second-order valence-electron chi connectivity index (χ2n) is 6.79. The number of para-hydroxylation sites is 1. The third kappa shape index (κ3) is 5.65. The summed E-state index contributed by atoms with van der Waals surface area (Å²) in [7, 11) is -2.20. The first kappa shape index (κ1) is 22.8. The maximum atomic E-state index is 12.8. The molecule has 0 aliphatic carbocycles. The Labute approximate surface area is 191 Å². The van der Waals surface area contributed by atoms with Crippen molar-refractivity contribution in [1.82, 2.24) is 0 Å². The van der Waals surface area contributed by atoms with Gasteiger partial charge in [-0.15, -0.1) is 0 Å². The summed E-state index contributed by atoms with van der Waals surface area (Å²) in [5.74, 6) is 0.237. The minimum absolute atomic E-state index is 0.132. The van der Waals surface area contributed by atoms with Gasteiger partial charge in [-0.05, 0) is 76.4 Å². The van der Waals surface area contributed by atoms with Crippen molar-refractivity contribution >= 4 is 43.2 Å². The highest BCUT2D eigenvalue weighted by molar-refractivity contribution is 9.10. The second kappa shape index (κ2) is 9.98. The number of nitrogens with one attached hydrogen (secondary N) is 1. The Hall–Kier alpha value is -2.84. The molecular formula is C23H23BrN2O4S. The number of halogens is 1. The van der Waals surface area contributed by atoms with Gasteiger partial charge >= 0.3 is 0 Å². The molecule has 6 nitrogen and oxygen atoms in total. The number of hydrogen-bond donors (Lipinski definition) is 1. The van der Waals surface area contributed by atoms with E-state index in [1.807, 2.05) is 24.3 Å². The molecule has 3 rings (SSSR count). The lowest BCUT2D eigenvalue weighted by Crippen LogP contribution is -2.26. The summed E-state index contributed by atoms with van der Waals surface area (Å²) < 4.78 is 33.2. The van der Waals surface area contributed by atoms with E-state index >= 15 is 0 Å². The largest absolute Gasteiger partial charge is 0.483 e. The molecule has 0 saturated heterocycles. The average Bonchev–Trinajstić information content (AvgIpc) is 2.78. The maximum Gasteiger partial charge on any atom is 0.264 e. The van der Waals surface area contributed by atoms with Crippen molar-refractivity contribution in [2.75, 3.05) is 23.3 Å². The van der Waals surface area contributed by atoms with Crippen LogP contribution in [0.5, 0.6) is 5.75 Å². The number of ether oxygens (including phenoxy) is 1. The van der Waals surface area contributed by atoms with Crippen LogP contribution in [0.1, 0.15) is 12.5 Å². The van der Waals surface area contributed by atoms with E-state index in [0.29, 0.717) is 17.1 Å². The Morgan fingerprint density at radius 2 is 1.71 bits per heavy atom. The fourth-order valence-electron chi connectivity index (χ4n) is 2.87. The number of carbonyl (C=O) groups is 1. The van der Waals surface area contributed by atoms with E-state index in [4.69, 9.17) is 4.74 Å². The highest BCUT2D eigenvalue weighted by atomic mass is 79.9. The highest BCUT2D eigenvalue weighted by Crippen LogP contribution is 2.26. The summed E-state index contributed by atoms with van der Waals surface area (Å²) >= 11 is 3.44. The number of rotatable bonds is 8. The Morgan fingerprint density at radius 1 is 1.03 bits per heavy atom. The van der Waals surface area contributed by atoms with Gasteiger partial charge < -0.3 is 10.1 Å². The number of hydrogen-bond acceptors (Lipinski definition) is 4. The van der Waals surface area contributed by atoms with E-state index in [2.05, 4.69) is 28.2 Å². The summed E-state index contributed by atoms with van der Waals surface area (Å²) in [6.07, 6.45) is 0.909. The first-order valence-electron chi connectivity index (χ1n) is 9.66. The van der Waals surface area contributed by atoms with Crippen LogP contribution < -0.4 is 14.4 Å². The molecule has 3 aromatic rings. The van der Waals surface area contributed by atoms with Crippen LogP contribution >= 0.6 is 15.9 Å². The van der Waals surface area contributed by atoms with Crippen LogP contribution in [0.2, 0.25) is 0 Å². The lowest BCUT2D eigenvalue weighted by atomic mass is 10.2. The lowest BCUT2D eigenvalue weighted by Gasteiger charge is -2.19. The molecule has 0 bridgehead atoms. The minimum Gasteiger partial charge on any atom is -0.483 e. The molecule has 0 heterocycles. The number of amides is 1. The van der Waals surface area contributed by atoms with Gasteiger partial charge in [0, 0.05) is 12.7 Å². The SMILES string of the molecule is CCc1ccc(OCC(=O)Nc2ccc(S(=O)(=O)N(C)c3ccccc3)cc2)c(Br)c1. The van der Waals surface area contributed by atoms with Crippen molar-refractivity contribution < 1.29 is 17.9 Å². The third-order valence-corrected chi connectivity index (χ3v) is 7.10. The molecular weight excluding hydrogens is 480 g/mol. The standard InChI is InChI=1S/C23H23BrN2O4S/c1-3-17-9-14-22(21(24)15-17)30-16-23(27)25-18-10-12-20(13-11-18)31(28,29)26(2)19-7-5-4-6-8-19/h4-15H,3,16H2,1-2H3,(H,25,27). The van der Waals surface area contributed by atoms with E-state index in [0.717, 1.165) is 16.5 Å². The maximum absolute atomic E-state index is 12.8. The molecule has 1 amide bonds. The van der Waals surface area contributed by atoms with Gasteiger partial charge in [0.2, 0.25) is 0 Å². The van der Waals surface area contributed by atoms with Crippen molar-refractivity contribution in [2.24, 2.45) is 0 Å². The zero-order chi connectivity index (χ0) is 22.4. The molecule has 0 aliphatic heterocycles. The van der Waals surface area contributed by atoms with E-state index in [-0.39, 0.29) is 17.4 Å². The third-order valence-electron chi connectivity index (χ3n) is 4.68. The molecule has 8 heteroatoms. The predicted octanol–water partition coefficient (Wildman–Crippen LogP) is 4.85. The lowest BCUT2D eigenvalue weighted by molar-refractivity contribution is -0.118. The van der Waals surface area contributed by atoms with Crippen LogP contribution in [0.25, 0.3) is 0 Å². The molecule has 0 saturated carbocycles. The summed E-state index contributed by atoms with van der Waals surface area (Å²) in [6, 6.07) is 20.6. The topological polar surface area (TPSA) is 75.7 Å². The van der Waals surface area contributed by atoms with E-state index < -0.39 is 10.0 Å². The minimum atomic E-state index is -3.70. The van der Waals surface area contributed by atoms with Crippen LogP contribution in [0.4, 0.5) is 11.4 Å². The van der Waals surface area contributed by atoms with Crippen molar-refractivity contribution in [2.45, 2.75) is 18.2 Å². The molecule has 0 unspecified atom stereocenters. The molecule has 0 radical (unpaired) electrons. The Morgan fingerprint density at radius 3 is 2.32 bits per heavy atom. The molecule has 0 spiro atoms. The zero-order valence-electron chi connectivity index (χ0n) is 17.2. The number of benzene rings is 3. The molecule has 0 aromatic heterocycles. The number of sulfonamides is 1. The van der Waals surface area contributed by atoms with Gasteiger partial charge in [-0.25, -0.2) is 8.42 Å². The number of anilines is 2. The monoisotopic (exact) mass is 502 g/mol. The highest BCUT2D eigenvalue weighted by Gasteiger charge is 2.21. The number of aryl methyl sites for hydroxylation is 1. The Kier molecular flexibility index (Phi) is 7.35. The summed E-state index contributed by atoms with van der Waals surface area (Å²) in [4.78, 5) is 12.3. The molecule has 162 valence electrons. The molecule has 0 fully saturated rings. The quantitative estimate of drug-likeness (QED) is 0.477. The van der Waals surface area contributed by atoms with Gasteiger partial charge in [0.1, 0.15) is 5.75 Å². The van der Waals surface area contributed by atoms with Gasteiger partial charge in [-0.3, -0.25) is 9.10 Å². The summed E-state index contributed by atoms with van der Waals surface area (Å²) in [6.45, 7) is 1.90. The van der Waals surface area contributed by atoms with Crippen LogP contribution in [-0.2, 0) is 21.2 Å². The van der Waals surface area contributed by atoms with Gasteiger partial charge in [-0.2, -0.15) is 0 Å². The van der Waals surface area contributed by atoms with Crippen molar-refractivity contribution in [3.8, 4) is 5.75 Å². The molecule has 31 heavy (non-hydrogen) atoms. The molecule has 3 aromatic carbocycles. The fourth-order valence-corrected chi connectivity index (χ4v) is 4.60. The van der Waals surface area contributed by atoms with Crippen LogP contribution in [0.3, 0.4) is 0 Å². The second-order valence-corrected chi connectivity index (χ2v) is 9.61. The fraction of sp³-hybridized carbons (Fsp3) is 0.174. The van der Waals surface area contributed by atoms with Gasteiger partial charge in [0.25, 0.3) is 15.9 Å². The number of nitrogens with zero attached hydrogens (tertiary/aromatic N) is 1. The Bertz CT molecular complexity index is 1150. The summed E-state index contributed by atoms with van der Waals surface area (Å²) in [5.41, 5.74) is 2.21.